The third-order valence-electron chi connectivity index (χ3n) is 2.11. The molecule has 0 saturated heterocycles. The van der Waals surface area contributed by atoms with Crippen LogP contribution in [0.25, 0.3) is 0 Å². The normalized spacial score (nSPS) is 12.4. The number of nitrogens with zero attached hydrogens (tertiary/aromatic N) is 1. The van der Waals surface area contributed by atoms with E-state index in [4.69, 9.17) is 22.1 Å². The Balaban J connectivity index is 3.36. The van der Waals surface area contributed by atoms with Gasteiger partial charge in [0.2, 0.25) is 0 Å². The Morgan fingerprint density at radius 1 is 1.47 bits per heavy atom. The van der Waals surface area contributed by atoms with Crippen molar-refractivity contribution in [1.82, 2.24) is 0 Å². The van der Waals surface area contributed by atoms with Gasteiger partial charge in [-0.2, -0.15) is 13.2 Å². The highest BCUT2D eigenvalue weighted by atomic mass is 35.5. The molecule has 1 aromatic rings. The fourth-order valence-corrected chi connectivity index (χ4v) is 1.32. The number of carbonyl (C=O) groups is 1. The van der Waals surface area contributed by atoms with Crippen LogP contribution in [0.3, 0.4) is 0 Å². The van der Waals surface area contributed by atoms with E-state index in [0.717, 1.165) is 6.07 Å². The van der Waals surface area contributed by atoms with Gasteiger partial charge < -0.3 is 10.5 Å². The topological polar surface area (TPSA) is 64.7 Å². The summed E-state index contributed by atoms with van der Waals surface area (Å²) in [6, 6.07) is 3.53. The standard InChI is InChI=1S/C11H10ClF3N2O2/c1-19-6-2-3-8(17-9(16)5-12)7(4-6)10(18)11(13,14)15/h2-4H,5H2,1H3,(H2,16,17). The Bertz CT molecular complexity index is 515. The largest absolute Gasteiger partial charge is 0.497 e. The molecule has 4 nitrogen and oxygen atoms in total. The molecule has 0 aliphatic rings. The van der Waals surface area contributed by atoms with Gasteiger partial charge in [0, 0.05) is 0 Å². The number of hydrogen-bond donors (Lipinski definition) is 1. The van der Waals surface area contributed by atoms with Crippen LogP contribution in [-0.2, 0) is 0 Å². The summed E-state index contributed by atoms with van der Waals surface area (Å²) in [5, 5.41) is 0. The molecule has 1 rings (SSSR count). The summed E-state index contributed by atoms with van der Waals surface area (Å²) >= 11 is 5.39. The summed E-state index contributed by atoms with van der Waals surface area (Å²) in [5.74, 6) is -2.17. The summed E-state index contributed by atoms with van der Waals surface area (Å²) in [6.07, 6.45) is -5.01. The smallest absolute Gasteiger partial charge is 0.454 e. The van der Waals surface area contributed by atoms with E-state index in [2.05, 4.69) is 4.99 Å². The number of ketones is 1. The molecular weight excluding hydrogens is 285 g/mol. The number of nitrogens with two attached hydrogens (primary N) is 1. The zero-order valence-corrected chi connectivity index (χ0v) is 10.5. The van der Waals surface area contributed by atoms with Crippen LogP contribution in [0, 0.1) is 0 Å². The lowest BCUT2D eigenvalue weighted by Crippen LogP contribution is -2.23. The van der Waals surface area contributed by atoms with Crippen LogP contribution in [0.2, 0.25) is 0 Å². The number of halogens is 4. The first-order valence-corrected chi connectivity index (χ1v) is 5.51. The van der Waals surface area contributed by atoms with Crippen molar-refractivity contribution < 1.29 is 22.7 Å². The highest BCUT2D eigenvalue weighted by Gasteiger charge is 2.40. The van der Waals surface area contributed by atoms with E-state index in [1.54, 1.807) is 0 Å². The molecule has 0 aliphatic heterocycles. The molecule has 0 aliphatic carbocycles. The quantitative estimate of drug-likeness (QED) is 0.402. The number of Topliss-reactive ketones (excluding diaryl/α,β-unsaturated/α-hetero) is 1. The number of alkyl halides is 4. The molecule has 0 spiro atoms. The maximum absolute atomic E-state index is 12.5. The van der Waals surface area contributed by atoms with Gasteiger partial charge in [-0.3, -0.25) is 4.79 Å². The molecule has 0 bridgehead atoms. The highest BCUT2D eigenvalue weighted by molar-refractivity contribution is 6.28. The number of methoxy groups -OCH3 is 1. The number of rotatable bonds is 4. The molecule has 0 amide bonds. The lowest BCUT2D eigenvalue weighted by Gasteiger charge is -2.10. The first kappa shape index (κ1) is 15.3. The Morgan fingerprint density at radius 2 is 2.11 bits per heavy atom. The fraction of sp³-hybridized carbons (Fsp3) is 0.273. The summed E-state index contributed by atoms with van der Waals surface area (Å²) in [7, 11) is 1.27. The minimum Gasteiger partial charge on any atom is -0.497 e. The van der Waals surface area contributed by atoms with Gasteiger partial charge in [-0.25, -0.2) is 4.99 Å². The second-order valence-corrected chi connectivity index (χ2v) is 3.71. The molecule has 19 heavy (non-hydrogen) atoms. The Morgan fingerprint density at radius 3 is 2.58 bits per heavy atom. The van der Waals surface area contributed by atoms with Crippen molar-refractivity contribution in [3.8, 4) is 5.75 Å². The van der Waals surface area contributed by atoms with Crippen LogP contribution < -0.4 is 10.5 Å². The highest BCUT2D eigenvalue weighted by Crippen LogP contribution is 2.30. The van der Waals surface area contributed by atoms with Gasteiger partial charge in [-0.05, 0) is 18.2 Å². The van der Waals surface area contributed by atoms with E-state index >= 15 is 0 Å². The lowest BCUT2D eigenvalue weighted by atomic mass is 10.1. The van der Waals surface area contributed by atoms with Gasteiger partial charge in [-0.1, -0.05) is 0 Å². The third-order valence-corrected chi connectivity index (χ3v) is 2.38. The van der Waals surface area contributed by atoms with E-state index in [1.807, 2.05) is 0 Å². The summed E-state index contributed by atoms with van der Waals surface area (Å²) in [5.41, 5.74) is 4.50. The van der Waals surface area contributed by atoms with Crippen LogP contribution in [-0.4, -0.2) is 30.8 Å². The Labute approximate surface area is 112 Å². The average molecular weight is 295 g/mol. The minimum atomic E-state index is -5.01. The summed E-state index contributed by atoms with van der Waals surface area (Å²) in [6.45, 7) is 0. The van der Waals surface area contributed by atoms with Crippen molar-refractivity contribution in [2.75, 3.05) is 13.0 Å². The Hall–Kier alpha value is -1.76. The van der Waals surface area contributed by atoms with Crippen LogP contribution >= 0.6 is 11.6 Å². The number of amidine groups is 1. The average Bonchev–Trinajstić information content (AvgIpc) is 2.37. The molecule has 0 heterocycles. The summed E-state index contributed by atoms with van der Waals surface area (Å²) in [4.78, 5) is 15.0. The van der Waals surface area contributed by atoms with E-state index in [1.165, 1.54) is 19.2 Å². The van der Waals surface area contributed by atoms with Crippen LogP contribution in [0.15, 0.2) is 23.2 Å². The number of hydrogen-bond acceptors (Lipinski definition) is 3. The van der Waals surface area contributed by atoms with Gasteiger partial charge in [0.1, 0.15) is 11.6 Å². The van der Waals surface area contributed by atoms with Gasteiger partial charge in [-0.15, -0.1) is 11.6 Å². The van der Waals surface area contributed by atoms with Crippen molar-refractivity contribution in [3.63, 3.8) is 0 Å². The van der Waals surface area contributed by atoms with E-state index in [0.29, 0.717) is 0 Å². The van der Waals surface area contributed by atoms with Gasteiger partial charge in [0.15, 0.2) is 0 Å². The molecule has 8 heteroatoms. The molecule has 1 aromatic carbocycles. The monoisotopic (exact) mass is 294 g/mol. The molecular formula is C11H10ClF3N2O2. The van der Waals surface area contributed by atoms with E-state index in [-0.39, 0.29) is 23.2 Å². The number of benzene rings is 1. The molecule has 0 unspecified atom stereocenters. The molecule has 0 fully saturated rings. The molecule has 0 atom stereocenters. The minimum absolute atomic E-state index is 0.0944. The molecule has 2 N–H and O–H groups in total. The first-order valence-electron chi connectivity index (χ1n) is 4.98. The van der Waals surface area contributed by atoms with E-state index < -0.39 is 17.5 Å². The van der Waals surface area contributed by atoms with Crippen molar-refractivity contribution >= 4 is 28.9 Å². The second kappa shape index (κ2) is 5.92. The first-order chi connectivity index (χ1) is 8.79. The predicted molar refractivity (Wildman–Crippen MR) is 65.4 cm³/mol. The number of aliphatic imine (C=N–C) groups is 1. The molecule has 0 radical (unpaired) electrons. The SMILES string of the molecule is COc1ccc(N=C(N)CCl)c(C(=O)C(F)(F)F)c1. The molecule has 0 saturated carbocycles. The van der Waals surface area contributed by atoms with Crippen molar-refractivity contribution in [2.24, 2.45) is 10.7 Å². The summed E-state index contributed by atoms with van der Waals surface area (Å²) < 4.78 is 42.2. The molecule has 0 aromatic heterocycles. The Kier molecular flexibility index (Phi) is 4.77. The van der Waals surface area contributed by atoms with Crippen molar-refractivity contribution in [3.05, 3.63) is 23.8 Å². The van der Waals surface area contributed by atoms with Crippen LogP contribution in [0.5, 0.6) is 5.75 Å². The maximum Gasteiger partial charge on any atom is 0.454 e. The number of ether oxygens (including phenoxy) is 1. The third kappa shape index (κ3) is 3.85. The second-order valence-electron chi connectivity index (χ2n) is 3.45. The zero-order valence-electron chi connectivity index (χ0n) is 9.79. The van der Waals surface area contributed by atoms with Gasteiger partial charge in [0.25, 0.3) is 5.78 Å². The van der Waals surface area contributed by atoms with Gasteiger partial charge in [0.05, 0.1) is 24.2 Å². The van der Waals surface area contributed by atoms with Crippen LogP contribution in [0.1, 0.15) is 10.4 Å². The number of carbonyl (C=O) groups excluding carboxylic acids is 1. The van der Waals surface area contributed by atoms with E-state index in [9.17, 15) is 18.0 Å². The maximum atomic E-state index is 12.5. The molecule has 104 valence electrons. The fourth-order valence-electron chi connectivity index (χ4n) is 1.26. The van der Waals surface area contributed by atoms with Crippen molar-refractivity contribution in [2.45, 2.75) is 6.18 Å². The van der Waals surface area contributed by atoms with Crippen molar-refractivity contribution in [1.29, 1.82) is 0 Å². The zero-order chi connectivity index (χ0) is 14.6. The van der Waals surface area contributed by atoms with Gasteiger partial charge >= 0.3 is 6.18 Å². The van der Waals surface area contributed by atoms with Crippen LogP contribution in [0.4, 0.5) is 18.9 Å². The predicted octanol–water partition coefficient (Wildman–Crippen LogP) is 2.67. The lowest BCUT2D eigenvalue weighted by molar-refractivity contribution is -0.0884.